The number of nitrogens with zero attached hydrogens (tertiary/aromatic N) is 1. The number of para-hydroxylation sites is 1. The fourth-order valence-electron chi connectivity index (χ4n) is 2.77. The summed E-state index contributed by atoms with van der Waals surface area (Å²) >= 11 is 0. The largest absolute Gasteiger partial charge is 0.496 e. The van der Waals surface area contributed by atoms with Crippen LogP contribution in [-0.4, -0.2) is 35.4 Å². The number of carbonyl (C=O) groups excluding carboxylic acids is 2. The number of esters is 1. The maximum Gasteiger partial charge on any atom is 0.328 e. The lowest BCUT2D eigenvalue weighted by Gasteiger charge is -2.10. The smallest absolute Gasteiger partial charge is 0.328 e. The standard InChI is InChI=1S/C20H19N3O6/c1-28-16-9-5-2-6-13(16)10-21-17(24)12-29-18(25)11-23-20(27)15-8-4-3-7-14(15)19(26)22-23/h2-9H,10-12H2,1H3,(H,21,24)(H,22,26). The van der Waals surface area contributed by atoms with Gasteiger partial charge in [-0.15, -0.1) is 0 Å². The van der Waals surface area contributed by atoms with Crippen LogP contribution in [0.3, 0.4) is 0 Å². The number of aromatic nitrogens is 2. The molecule has 1 heterocycles. The van der Waals surface area contributed by atoms with Crippen molar-refractivity contribution in [3.63, 3.8) is 0 Å². The molecule has 0 bridgehead atoms. The van der Waals surface area contributed by atoms with E-state index in [4.69, 9.17) is 9.47 Å². The van der Waals surface area contributed by atoms with Gasteiger partial charge in [-0.05, 0) is 18.2 Å². The Balaban J connectivity index is 1.57. The highest BCUT2D eigenvalue weighted by molar-refractivity contribution is 5.81. The third-order valence-corrected chi connectivity index (χ3v) is 4.20. The van der Waals surface area contributed by atoms with Crippen molar-refractivity contribution >= 4 is 22.6 Å². The van der Waals surface area contributed by atoms with Crippen LogP contribution < -0.4 is 21.2 Å². The Bertz CT molecular complexity index is 1160. The molecule has 3 aromatic rings. The number of benzene rings is 2. The van der Waals surface area contributed by atoms with Crippen molar-refractivity contribution in [2.45, 2.75) is 13.1 Å². The number of hydrogen-bond acceptors (Lipinski definition) is 6. The van der Waals surface area contributed by atoms with Crippen LogP contribution in [0.5, 0.6) is 5.75 Å². The number of methoxy groups -OCH3 is 1. The molecule has 0 fully saturated rings. The van der Waals surface area contributed by atoms with Crippen LogP contribution in [0.25, 0.3) is 10.8 Å². The summed E-state index contributed by atoms with van der Waals surface area (Å²) in [4.78, 5) is 48.3. The van der Waals surface area contributed by atoms with E-state index in [1.807, 2.05) is 12.1 Å². The van der Waals surface area contributed by atoms with Crippen LogP contribution in [0.4, 0.5) is 0 Å². The van der Waals surface area contributed by atoms with Crippen LogP contribution in [0.15, 0.2) is 58.1 Å². The number of fused-ring (bicyclic) bond motifs is 1. The van der Waals surface area contributed by atoms with Crippen molar-refractivity contribution in [1.29, 1.82) is 0 Å². The van der Waals surface area contributed by atoms with E-state index in [0.717, 1.165) is 10.2 Å². The van der Waals surface area contributed by atoms with E-state index in [9.17, 15) is 19.2 Å². The molecule has 0 saturated heterocycles. The molecule has 0 unspecified atom stereocenters. The van der Waals surface area contributed by atoms with Gasteiger partial charge in [-0.3, -0.25) is 24.3 Å². The highest BCUT2D eigenvalue weighted by atomic mass is 16.5. The Morgan fingerprint density at radius 3 is 2.48 bits per heavy atom. The fraction of sp³-hybridized carbons (Fsp3) is 0.200. The molecule has 0 radical (unpaired) electrons. The van der Waals surface area contributed by atoms with Crippen molar-refractivity contribution in [2.24, 2.45) is 0 Å². The summed E-state index contributed by atoms with van der Waals surface area (Å²) in [5.74, 6) is -0.710. The molecule has 1 aromatic heterocycles. The minimum atomic E-state index is -0.828. The summed E-state index contributed by atoms with van der Waals surface area (Å²) in [5, 5.41) is 5.37. The quantitative estimate of drug-likeness (QED) is 0.562. The summed E-state index contributed by atoms with van der Waals surface area (Å²) in [6.07, 6.45) is 0. The van der Waals surface area contributed by atoms with Gasteiger partial charge in [0.1, 0.15) is 12.3 Å². The molecule has 3 rings (SSSR count). The Morgan fingerprint density at radius 2 is 1.72 bits per heavy atom. The van der Waals surface area contributed by atoms with Crippen molar-refractivity contribution < 1.29 is 19.1 Å². The summed E-state index contributed by atoms with van der Waals surface area (Å²) in [5.41, 5.74) is -0.254. The molecular formula is C20H19N3O6. The fourth-order valence-corrected chi connectivity index (χ4v) is 2.77. The molecule has 0 spiro atoms. The first-order chi connectivity index (χ1) is 14.0. The van der Waals surface area contributed by atoms with E-state index in [0.29, 0.717) is 5.75 Å². The van der Waals surface area contributed by atoms with Gasteiger partial charge in [0.25, 0.3) is 17.0 Å². The predicted molar refractivity (Wildman–Crippen MR) is 105 cm³/mol. The number of hydrogen-bond donors (Lipinski definition) is 2. The van der Waals surface area contributed by atoms with Crippen LogP contribution in [0.1, 0.15) is 5.56 Å². The molecule has 0 saturated carbocycles. The van der Waals surface area contributed by atoms with Gasteiger partial charge in [-0.1, -0.05) is 30.3 Å². The summed E-state index contributed by atoms with van der Waals surface area (Å²) in [6.45, 7) is -0.822. The third-order valence-electron chi connectivity index (χ3n) is 4.20. The molecule has 150 valence electrons. The Hall–Kier alpha value is -3.88. The SMILES string of the molecule is COc1ccccc1CNC(=O)COC(=O)Cn1[nH]c(=O)c2ccccc2c1=O. The highest BCUT2D eigenvalue weighted by Crippen LogP contribution is 2.16. The molecule has 9 heteroatoms. The maximum absolute atomic E-state index is 12.4. The zero-order chi connectivity index (χ0) is 20.8. The van der Waals surface area contributed by atoms with Crippen LogP contribution in [0.2, 0.25) is 0 Å². The average molecular weight is 397 g/mol. The number of carbonyl (C=O) groups is 2. The van der Waals surface area contributed by atoms with E-state index in [1.54, 1.807) is 24.3 Å². The third kappa shape index (κ3) is 4.70. The summed E-state index contributed by atoms with van der Waals surface area (Å²) < 4.78 is 11.0. The van der Waals surface area contributed by atoms with Crippen molar-refractivity contribution in [3.05, 3.63) is 74.8 Å². The molecule has 0 atom stereocenters. The summed E-state index contributed by atoms with van der Waals surface area (Å²) in [7, 11) is 1.53. The maximum atomic E-state index is 12.4. The zero-order valence-electron chi connectivity index (χ0n) is 15.6. The second-order valence-electron chi connectivity index (χ2n) is 6.13. The molecule has 0 aliphatic heterocycles. The highest BCUT2D eigenvalue weighted by Gasteiger charge is 2.13. The Labute approximate surface area is 164 Å². The molecule has 1 amide bonds. The number of rotatable bonds is 7. The van der Waals surface area contributed by atoms with Gasteiger partial charge in [0.15, 0.2) is 6.61 Å². The number of H-pyrrole nitrogens is 1. The summed E-state index contributed by atoms with van der Waals surface area (Å²) in [6, 6.07) is 13.5. The van der Waals surface area contributed by atoms with Gasteiger partial charge >= 0.3 is 5.97 Å². The molecule has 2 N–H and O–H groups in total. The van der Waals surface area contributed by atoms with Crippen molar-refractivity contribution in [1.82, 2.24) is 15.1 Å². The number of aromatic amines is 1. The first-order valence-corrected chi connectivity index (χ1v) is 8.75. The number of nitrogens with one attached hydrogen (secondary N) is 2. The average Bonchev–Trinajstić information content (AvgIpc) is 2.74. The van der Waals surface area contributed by atoms with Crippen molar-refractivity contribution in [3.8, 4) is 5.75 Å². The first-order valence-electron chi connectivity index (χ1n) is 8.75. The van der Waals surface area contributed by atoms with E-state index in [1.165, 1.54) is 19.2 Å². The Kier molecular flexibility index (Phi) is 6.08. The van der Waals surface area contributed by atoms with Crippen LogP contribution >= 0.6 is 0 Å². The van der Waals surface area contributed by atoms with Gasteiger partial charge in [0.05, 0.1) is 17.9 Å². The van der Waals surface area contributed by atoms with E-state index >= 15 is 0 Å². The molecule has 0 aliphatic carbocycles. The van der Waals surface area contributed by atoms with E-state index in [2.05, 4.69) is 10.4 Å². The van der Waals surface area contributed by atoms with Gasteiger partial charge < -0.3 is 14.8 Å². The Morgan fingerprint density at radius 1 is 1.03 bits per heavy atom. The number of amides is 1. The second-order valence-corrected chi connectivity index (χ2v) is 6.13. The molecular weight excluding hydrogens is 378 g/mol. The molecule has 0 aliphatic rings. The minimum absolute atomic E-state index is 0.193. The van der Waals surface area contributed by atoms with Gasteiger partial charge in [-0.2, -0.15) is 0 Å². The van der Waals surface area contributed by atoms with Crippen LogP contribution in [-0.2, 0) is 27.4 Å². The van der Waals surface area contributed by atoms with Gasteiger partial charge in [-0.25, -0.2) is 4.68 Å². The molecule has 9 nitrogen and oxygen atoms in total. The second kappa shape index (κ2) is 8.87. The van der Waals surface area contributed by atoms with Gasteiger partial charge in [0.2, 0.25) is 0 Å². The van der Waals surface area contributed by atoms with E-state index < -0.39 is 36.1 Å². The zero-order valence-corrected chi connectivity index (χ0v) is 15.6. The molecule has 2 aromatic carbocycles. The lowest BCUT2D eigenvalue weighted by atomic mass is 10.2. The number of ether oxygens (including phenoxy) is 2. The topological polar surface area (TPSA) is 119 Å². The van der Waals surface area contributed by atoms with E-state index in [-0.39, 0.29) is 17.3 Å². The van der Waals surface area contributed by atoms with Crippen LogP contribution in [0, 0.1) is 0 Å². The predicted octanol–water partition coefficient (Wildman–Crippen LogP) is 0.558. The van der Waals surface area contributed by atoms with Crippen molar-refractivity contribution in [2.75, 3.05) is 13.7 Å². The lowest BCUT2D eigenvalue weighted by molar-refractivity contribution is -0.149. The lowest BCUT2D eigenvalue weighted by Crippen LogP contribution is -2.34. The van der Waals surface area contributed by atoms with Gasteiger partial charge in [0, 0.05) is 12.1 Å². The molecule has 29 heavy (non-hydrogen) atoms. The monoisotopic (exact) mass is 397 g/mol. The first kappa shape index (κ1) is 19.9. The minimum Gasteiger partial charge on any atom is -0.496 e. The normalized spacial score (nSPS) is 10.5.